The number of hydrogen-bond donors (Lipinski definition) is 0. The van der Waals surface area contributed by atoms with Crippen molar-refractivity contribution in [3.05, 3.63) is 132 Å². The zero-order chi connectivity index (χ0) is 28.2. The van der Waals surface area contributed by atoms with E-state index in [1.165, 1.54) is 0 Å². The Morgan fingerprint density at radius 1 is 0.429 bits per heavy atom. The van der Waals surface area contributed by atoms with E-state index in [9.17, 15) is 10.5 Å². The zero-order valence-corrected chi connectivity index (χ0v) is 22.3. The summed E-state index contributed by atoms with van der Waals surface area (Å²) in [6.45, 7) is 0. The third kappa shape index (κ3) is 3.68. The first kappa shape index (κ1) is 23.8. The van der Waals surface area contributed by atoms with Crippen molar-refractivity contribution in [2.75, 3.05) is 0 Å². The van der Waals surface area contributed by atoms with Gasteiger partial charge >= 0.3 is 0 Å². The van der Waals surface area contributed by atoms with Crippen LogP contribution in [0, 0.1) is 22.7 Å². The molecule has 2 aromatic heterocycles. The van der Waals surface area contributed by atoms with Gasteiger partial charge in [0.1, 0.15) is 22.3 Å². The first-order chi connectivity index (χ1) is 20.7. The topological polar surface area (TPSA) is 73.9 Å². The highest BCUT2D eigenvalue weighted by atomic mass is 16.3. The highest BCUT2D eigenvalue weighted by molar-refractivity contribution is 6.10. The molecule has 8 rings (SSSR count). The molecule has 0 unspecified atom stereocenters. The molecular formula is C38H20N2O2. The van der Waals surface area contributed by atoms with Gasteiger partial charge in [0.15, 0.2) is 0 Å². The van der Waals surface area contributed by atoms with Gasteiger partial charge in [0.05, 0.1) is 23.3 Å². The van der Waals surface area contributed by atoms with E-state index in [1.807, 2.05) is 42.5 Å². The van der Waals surface area contributed by atoms with Gasteiger partial charge in [-0.15, -0.1) is 0 Å². The third-order valence-corrected chi connectivity index (χ3v) is 7.94. The lowest BCUT2D eigenvalue weighted by Gasteiger charge is -2.13. The Labute approximate surface area is 240 Å². The molecule has 8 aromatic rings. The van der Waals surface area contributed by atoms with Crippen LogP contribution >= 0.6 is 0 Å². The van der Waals surface area contributed by atoms with Crippen molar-refractivity contribution < 1.29 is 8.83 Å². The lowest BCUT2D eigenvalue weighted by atomic mass is 9.90. The van der Waals surface area contributed by atoms with Crippen molar-refractivity contribution in [2.45, 2.75) is 0 Å². The summed E-state index contributed by atoms with van der Waals surface area (Å²) in [7, 11) is 0. The second-order valence-electron chi connectivity index (χ2n) is 10.4. The van der Waals surface area contributed by atoms with E-state index >= 15 is 0 Å². The normalized spacial score (nSPS) is 11.3. The fraction of sp³-hybridized carbons (Fsp3) is 0. The number of nitrogens with zero attached hydrogens (tertiary/aromatic N) is 2. The second kappa shape index (κ2) is 9.24. The Morgan fingerprint density at radius 2 is 1.10 bits per heavy atom. The van der Waals surface area contributed by atoms with Crippen LogP contribution in [0.25, 0.3) is 77.3 Å². The molecule has 0 atom stereocenters. The predicted octanol–water partition coefficient (Wildman–Crippen LogP) is 10.2. The molecule has 0 amide bonds. The monoisotopic (exact) mass is 536 g/mol. The van der Waals surface area contributed by atoms with Crippen LogP contribution in [0.1, 0.15) is 11.1 Å². The fourth-order valence-corrected chi connectivity index (χ4v) is 5.94. The van der Waals surface area contributed by atoms with Crippen LogP contribution in [0.3, 0.4) is 0 Å². The molecule has 0 aliphatic rings. The van der Waals surface area contributed by atoms with Crippen molar-refractivity contribution in [1.82, 2.24) is 0 Å². The SMILES string of the molecule is N#Cc1ccc(-c2cc(-c3ccc4c(c3)oc3ccccc34)cc(-c3cccc4c3oc3ccccc34)c2)c(C#N)c1. The van der Waals surface area contributed by atoms with E-state index in [0.29, 0.717) is 11.1 Å². The van der Waals surface area contributed by atoms with Crippen LogP contribution in [-0.2, 0) is 0 Å². The highest BCUT2D eigenvalue weighted by Gasteiger charge is 2.16. The molecular weight excluding hydrogens is 516 g/mol. The Hall–Kier alpha value is -6.10. The summed E-state index contributed by atoms with van der Waals surface area (Å²) >= 11 is 0. The summed E-state index contributed by atoms with van der Waals surface area (Å²) < 4.78 is 12.6. The highest BCUT2D eigenvalue weighted by Crippen LogP contribution is 2.40. The molecule has 0 N–H and O–H groups in total. The van der Waals surface area contributed by atoms with Crippen molar-refractivity contribution in [3.8, 4) is 45.5 Å². The average molecular weight is 537 g/mol. The van der Waals surface area contributed by atoms with Gasteiger partial charge in [-0.1, -0.05) is 66.7 Å². The molecule has 0 bridgehead atoms. The van der Waals surface area contributed by atoms with E-state index in [-0.39, 0.29) is 0 Å². The lowest BCUT2D eigenvalue weighted by molar-refractivity contribution is 0.669. The maximum absolute atomic E-state index is 10.00. The second-order valence-corrected chi connectivity index (χ2v) is 10.4. The molecule has 6 aromatic carbocycles. The summed E-state index contributed by atoms with van der Waals surface area (Å²) in [6.07, 6.45) is 0. The fourth-order valence-electron chi connectivity index (χ4n) is 5.94. The number of benzene rings is 6. The minimum Gasteiger partial charge on any atom is -0.456 e. The summed E-state index contributed by atoms with van der Waals surface area (Å²) in [6, 6.07) is 44.6. The molecule has 4 nitrogen and oxygen atoms in total. The molecule has 4 heteroatoms. The summed E-state index contributed by atoms with van der Waals surface area (Å²) in [5.74, 6) is 0. The van der Waals surface area contributed by atoms with E-state index in [4.69, 9.17) is 8.83 Å². The van der Waals surface area contributed by atoms with Crippen LogP contribution < -0.4 is 0 Å². The first-order valence-electron chi connectivity index (χ1n) is 13.6. The molecule has 0 saturated heterocycles. The van der Waals surface area contributed by atoms with Gasteiger partial charge in [-0.2, -0.15) is 10.5 Å². The van der Waals surface area contributed by atoms with Crippen LogP contribution in [0.5, 0.6) is 0 Å². The van der Waals surface area contributed by atoms with E-state index in [1.54, 1.807) is 12.1 Å². The minimum atomic E-state index is 0.451. The quantitative estimate of drug-likeness (QED) is 0.225. The van der Waals surface area contributed by atoms with E-state index < -0.39 is 0 Å². The zero-order valence-electron chi connectivity index (χ0n) is 22.3. The van der Waals surface area contributed by atoms with Crippen LogP contribution in [0.2, 0.25) is 0 Å². The molecule has 0 radical (unpaired) electrons. The van der Waals surface area contributed by atoms with Gasteiger partial charge < -0.3 is 8.83 Å². The predicted molar refractivity (Wildman–Crippen MR) is 167 cm³/mol. The van der Waals surface area contributed by atoms with Gasteiger partial charge in [-0.05, 0) is 82.4 Å². The van der Waals surface area contributed by atoms with Crippen molar-refractivity contribution in [2.24, 2.45) is 0 Å². The largest absolute Gasteiger partial charge is 0.456 e. The molecule has 42 heavy (non-hydrogen) atoms. The number of para-hydroxylation sites is 3. The summed E-state index contributed by atoms with van der Waals surface area (Å²) in [5, 5.41) is 23.7. The number of furan rings is 2. The molecule has 0 saturated carbocycles. The van der Waals surface area contributed by atoms with Crippen molar-refractivity contribution in [1.29, 1.82) is 10.5 Å². The Kier molecular flexibility index (Phi) is 5.22. The number of fused-ring (bicyclic) bond motifs is 6. The molecule has 0 fully saturated rings. The maximum atomic E-state index is 10.00. The maximum Gasteiger partial charge on any atom is 0.143 e. The molecule has 2 heterocycles. The van der Waals surface area contributed by atoms with E-state index in [2.05, 4.69) is 78.9 Å². The molecule has 0 aliphatic heterocycles. The minimum absolute atomic E-state index is 0.451. The van der Waals surface area contributed by atoms with Gasteiger partial charge in [-0.25, -0.2) is 0 Å². The Bertz CT molecular complexity index is 2450. The Morgan fingerprint density at radius 3 is 1.88 bits per heavy atom. The number of hydrogen-bond acceptors (Lipinski definition) is 4. The van der Waals surface area contributed by atoms with Gasteiger partial charge in [0, 0.05) is 27.1 Å². The lowest BCUT2D eigenvalue weighted by Crippen LogP contribution is -1.90. The van der Waals surface area contributed by atoms with Gasteiger partial charge in [0.2, 0.25) is 0 Å². The smallest absolute Gasteiger partial charge is 0.143 e. The third-order valence-electron chi connectivity index (χ3n) is 7.94. The average Bonchev–Trinajstić information content (AvgIpc) is 3.62. The Balaban J connectivity index is 1.39. The van der Waals surface area contributed by atoms with Crippen LogP contribution in [-0.4, -0.2) is 0 Å². The van der Waals surface area contributed by atoms with E-state index in [0.717, 1.165) is 77.3 Å². The number of nitriles is 2. The number of rotatable bonds is 3. The van der Waals surface area contributed by atoms with Crippen molar-refractivity contribution in [3.63, 3.8) is 0 Å². The van der Waals surface area contributed by atoms with Crippen molar-refractivity contribution >= 4 is 43.9 Å². The molecule has 194 valence electrons. The van der Waals surface area contributed by atoms with Gasteiger partial charge in [-0.3, -0.25) is 0 Å². The summed E-state index contributed by atoms with van der Waals surface area (Å²) in [4.78, 5) is 0. The molecule has 0 spiro atoms. The van der Waals surface area contributed by atoms with Gasteiger partial charge in [0.25, 0.3) is 0 Å². The van der Waals surface area contributed by atoms with Crippen LogP contribution in [0.4, 0.5) is 0 Å². The first-order valence-corrected chi connectivity index (χ1v) is 13.6. The molecule has 0 aliphatic carbocycles. The summed E-state index contributed by atoms with van der Waals surface area (Å²) in [5.41, 5.74) is 9.76. The standard InChI is InChI=1S/C38H20N2O2/c39-21-23-12-14-29(28(16-23)22-40)26-17-25(24-13-15-33-31-6-1-3-10-35(31)41-37(33)20-24)18-27(19-26)30-8-5-9-34-32-7-2-4-11-36(32)42-38(30)34/h1-20H. The van der Waals surface area contributed by atoms with Crippen LogP contribution in [0.15, 0.2) is 130 Å².